The number of hydrogen-bond acceptors (Lipinski definition) is 2. The average molecular weight is 155 g/mol. The van der Waals surface area contributed by atoms with Gasteiger partial charge in [0.05, 0.1) is 0 Å². The summed E-state index contributed by atoms with van der Waals surface area (Å²) in [6.45, 7) is 5.56. The van der Waals surface area contributed by atoms with Gasteiger partial charge in [0.25, 0.3) is 0 Å². The van der Waals surface area contributed by atoms with Crippen molar-refractivity contribution in [1.82, 2.24) is 10.6 Å². The van der Waals surface area contributed by atoms with Crippen LogP contribution in [0.1, 0.15) is 19.3 Å². The first-order valence-electron chi connectivity index (χ1n) is 4.12. The summed E-state index contributed by atoms with van der Waals surface area (Å²) in [4.78, 5) is 10.9. The van der Waals surface area contributed by atoms with Gasteiger partial charge in [-0.1, -0.05) is 0 Å². The van der Waals surface area contributed by atoms with Gasteiger partial charge >= 0.3 is 0 Å². The fourth-order valence-corrected chi connectivity index (χ4v) is 1.27. The zero-order valence-corrected chi connectivity index (χ0v) is 6.73. The Labute approximate surface area is 67.5 Å². The Kier molecular flexibility index (Phi) is 3.36. The molecule has 1 aliphatic heterocycles. The number of carbonyl (C=O) groups is 1. The molecular weight excluding hydrogens is 140 g/mol. The van der Waals surface area contributed by atoms with Gasteiger partial charge in [-0.25, -0.2) is 0 Å². The third kappa shape index (κ3) is 2.89. The van der Waals surface area contributed by atoms with Gasteiger partial charge in [0.15, 0.2) is 0 Å². The maximum atomic E-state index is 10.9. The molecule has 1 fully saturated rings. The van der Waals surface area contributed by atoms with Crippen LogP contribution in [0.4, 0.5) is 0 Å². The van der Waals surface area contributed by atoms with E-state index in [-0.39, 0.29) is 5.91 Å². The molecule has 63 valence electrons. The predicted molar refractivity (Wildman–Crippen MR) is 44.0 cm³/mol. The maximum Gasteiger partial charge on any atom is 0.220 e. The Morgan fingerprint density at radius 3 is 2.73 bits per heavy atom. The van der Waals surface area contributed by atoms with Crippen molar-refractivity contribution in [2.24, 2.45) is 0 Å². The molecule has 0 unspecified atom stereocenters. The van der Waals surface area contributed by atoms with Gasteiger partial charge in [-0.2, -0.15) is 0 Å². The van der Waals surface area contributed by atoms with Gasteiger partial charge in [0.2, 0.25) is 5.91 Å². The number of hydrogen-bond donors (Lipinski definition) is 2. The van der Waals surface area contributed by atoms with Crippen molar-refractivity contribution >= 4 is 5.91 Å². The predicted octanol–water partition coefficient (Wildman–Crippen LogP) is 0.0788. The van der Waals surface area contributed by atoms with E-state index in [9.17, 15) is 4.79 Å². The van der Waals surface area contributed by atoms with Crippen LogP contribution in [0, 0.1) is 6.92 Å². The van der Waals surface area contributed by atoms with Gasteiger partial charge in [-0.15, -0.1) is 0 Å². The van der Waals surface area contributed by atoms with Crippen LogP contribution >= 0.6 is 0 Å². The molecule has 1 amide bonds. The molecule has 1 radical (unpaired) electrons. The molecule has 0 aromatic carbocycles. The highest BCUT2D eigenvalue weighted by Crippen LogP contribution is 2.01. The second-order valence-electron chi connectivity index (χ2n) is 2.84. The number of amides is 1. The molecule has 0 atom stereocenters. The molecule has 1 aliphatic rings. The third-order valence-electron chi connectivity index (χ3n) is 1.93. The Balaban J connectivity index is 2.19. The van der Waals surface area contributed by atoms with Crippen LogP contribution in [0.5, 0.6) is 0 Å². The molecule has 2 N–H and O–H groups in total. The van der Waals surface area contributed by atoms with Crippen LogP contribution in [0.3, 0.4) is 0 Å². The minimum absolute atomic E-state index is 0.0666. The van der Waals surface area contributed by atoms with Gasteiger partial charge in [-0.05, 0) is 32.9 Å². The second kappa shape index (κ2) is 4.34. The molecule has 0 aliphatic carbocycles. The summed E-state index contributed by atoms with van der Waals surface area (Å²) in [5, 5.41) is 6.17. The van der Waals surface area contributed by atoms with Crippen molar-refractivity contribution < 1.29 is 4.79 Å². The lowest BCUT2D eigenvalue weighted by Gasteiger charge is -2.23. The molecule has 11 heavy (non-hydrogen) atoms. The van der Waals surface area contributed by atoms with E-state index in [0.29, 0.717) is 12.5 Å². The van der Waals surface area contributed by atoms with Crippen molar-refractivity contribution in [3.8, 4) is 0 Å². The number of piperidine rings is 1. The van der Waals surface area contributed by atoms with Gasteiger partial charge in [0, 0.05) is 12.5 Å². The molecule has 3 heteroatoms. The summed E-state index contributed by atoms with van der Waals surface area (Å²) in [6.07, 6.45) is 2.45. The Morgan fingerprint density at radius 1 is 1.55 bits per heavy atom. The van der Waals surface area contributed by atoms with Crippen molar-refractivity contribution in [3.63, 3.8) is 0 Å². The molecule has 0 spiro atoms. The summed E-state index contributed by atoms with van der Waals surface area (Å²) in [5.74, 6) is 0.0666. The maximum absolute atomic E-state index is 10.9. The molecule has 0 aromatic heterocycles. The van der Waals surface area contributed by atoms with Crippen LogP contribution in [-0.4, -0.2) is 25.0 Å². The van der Waals surface area contributed by atoms with E-state index in [1.807, 2.05) is 0 Å². The van der Waals surface area contributed by atoms with E-state index < -0.39 is 0 Å². The summed E-state index contributed by atoms with van der Waals surface area (Å²) < 4.78 is 0. The smallest absolute Gasteiger partial charge is 0.220 e. The zero-order valence-electron chi connectivity index (χ0n) is 6.73. The van der Waals surface area contributed by atoms with E-state index in [4.69, 9.17) is 0 Å². The lowest BCUT2D eigenvalue weighted by Crippen LogP contribution is -2.42. The highest BCUT2D eigenvalue weighted by molar-refractivity contribution is 5.76. The van der Waals surface area contributed by atoms with Crippen LogP contribution in [0.25, 0.3) is 0 Å². The average Bonchev–Trinajstić information content (AvgIpc) is 2.06. The highest BCUT2D eigenvalue weighted by atomic mass is 16.1. The SMILES string of the molecule is [CH2]CC(=O)NC1CCNCC1. The quantitative estimate of drug-likeness (QED) is 0.593. The first-order chi connectivity index (χ1) is 5.33. The number of carbonyl (C=O) groups excluding carboxylic acids is 1. The molecule has 0 saturated carbocycles. The summed E-state index contributed by atoms with van der Waals surface area (Å²) in [6, 6.07) is 0.380. The second-order valence-corrected chi connectivity index (χ2v) is 2.84. The summed E-state index contributed by atoms with van der Waals surface area (Å²) >= 11 is 0. The molecular formula is C8H15N2O. The summed E-state index contributed by atoms with van der Waals surface area (Å²) in [7, 11) is 0. The monoisotopic (exact) mass is 155 g/mol. The highest BCUT2D eigenvalue weighted by Gasteiger charge is 2.13. The molecule has 0 bridgehead atoms. The van der Waals surface area contributed by atoms with E-state index >= 15 is 0 Å². The Bertz CT molecular complexity index is 130. The fraction of sp³-hybridized carbons (Fsp3) is 0.750. The van der Waals surface area contributed by atoms with Crippen LogP contribution in [0.15, 0.2) is 0 Å². The largest absolute Gasteiger partial charge is 0.353 e. The zero-order chi connectivity index (χ0) is 8.10. The van der Waals surface area contributed by atoms with Crippen LogP contribution in [-0.2, 0) is 4.79 Å². The minimum atomic E-state index is 0.0666. The van der Waals surface area contributed by atoms with E-state index in [0.717, 1.165) is 25.9 Å². The lowest BCUT2D eigenvalue weighted by atomic mass is 10.1. The lowest BCUT2D eigenvalue weighted by molar-refractivity contribution is -0.121. The molecule has 1 saturated heterocycles. The van der Waals surface area contributed by atoms with E-state index in [2.05, 4.69) is 17.6 Å². The first kappa shape index (κ1) is 8.53. The van der Waals surface area contributed by atoms with E-state index in [1.165, 1.54) is 0 Å². The summed E-state index contributed by atoms with van der Waals surface area (Å²) in [5.41, 5.74) is 0. The van der Waals surface area contributed by atoms with Gasteiger partial charge in [-0.3, -0.25) is 4.79 Å². The molecule has 3 nitrogen and oxygen atoms in total. The van der Waals surface area contributed by atoms with Crippen molar-refractivity contribution in [2.75, 3.05) is 13.1 Å². The number of rotatable bonds is 2. The topological polar surface area (TPSA) is 41.1 Å². The Morgan fingerprint density at radius 2 is 2.18 bits per heavy atom. The fourth-order valence-electron chi connectivity index (χ4n) is 1.27. The molecule has 0 aromatic rings. The minimum Gasteiger partial charge on any atom is -0.353 e. The first-order valence-corrected chi connectivity index (χ1v) is 4.12. The van der Waals surface area contributed by atoms with E-state index in [1.54, 1.807) is 0 Å². The van der Waals surface area contributed by atoms with Crippen LogP contribution < -0.4 is 10.6 Å². The third-order valence-corrected chi connectivity index (χ3v) is 1.93. The van der Waals surface area contributed by atoms with Crippen molar-refractivity contribution in [1.29, 1.82) is 0 Å². The number of nitrogens with one attached hydrogen (secondary N) is 2. The van der Waals surface area contributed by atoms with Gasteiger partial charge in [0.1, 0.15) is 0 Å². The van der Waals surface area contributed by atoms with Crippen LogP contribution in [0.2, 0.25) is 0 Å². The van der Waals surface area contributed by atoms with Crippen molar-refractivity contribution in [3.05, 3.63) is 6.92 Å². The Hall–Kier alpha value is -0.570. The molecule has 1 rings (SSSR count). The van der Waals surface area contributed by atoms with Crippen molar-refractivity contribution in [2.45, 2.75) is 25.3 Å². The normalized spacial score (nSPS) is 19.7. The standard InChI is InChI=1S/C8H15N2O/c1-2-8(11)10-7-3-5-9-6-4-7/h7,9H,1-6H2,(H,10,11). The van der Waals surface area contributed by atoms with Gasteiger partial charge < -0.3 is 10.6 Å². The molecule has 1 heterocycles.